The molecule has 6 nitrogen and oxygen atoms in total. The molecule has 0 aromatic carbocycles. The third kappa shape index (κ3) is 5.52. The highest BCUT2D eigenvalue weighted by Crippen LogP contribution is 2.29. The zero-order chi connectivity index (χ0) is 18.8. The predicted octanol–water partition coefficient (Wildman–Crippen LogP) is 2.57. The van der Waals surface area contributed by atoms with Crippen molar-refractivity contribution >= 4 is 11.7 Å². The average Bonchev–Trinajstić information content (AvgIpc) is 2.87. The molecule has 2 heterocycles. The van der Waals surface area contributed by atoms with E-state index in [0.29, 0.717) is 0 Å². The zero-order valence-corrected chi connectivity index (χ0v) is 14.1. The lowest BCUT2D eigenvalue weighted by atomic mass is 10.0. The Hall–Kier alpha value is -1.97. The van der Waals surface area contributed by atoms with Gasteiger partial charge in [-0.05, 0) is 26.8 Å². The molecule has 140 valence electrons. The number of anilines is 1. The van der Waals surface area contributed by atoms with Crippen molar-refractivity contribution < 1.29 is 27.1 Å². The van der Waals surface area contributed by atoms with Gasteiger partial charge in [0.2, 0.25) is 5.91 Å². The van der Waals surface area contributed by atoms with Gasteiger partial charge >= 0.3 is 12.2 Å². The van der Waals surface area contributed by atoms with Gasteiger partial charge in [-0.2, -0.15) is 18.2 Å². The van der Waals surface area contributed by atoms with Crippen molar-refractivity contribution in [3.8, 4) is 6.01 Å². The van der Waals surface area contributed by atoms with Crippen LogP contribution in [0.1, 0.15) is 27.2 Å². The molecule has 1 aliphatic heterocycles. The van der Waals surface area contributed by atoms with Crippen molar-refractivity contribution in [1.82, 2.24) is 14.9 Å². The summed E-state index contributed by atoms with van der Waals surface area (Å²) in [5, 5.41) is 2.48. The van der Waals surface area contributed by atoms with Crippen LogP contribution in [0.4, 0.5) is 23.4 Å². The van der Waals surface area contributed by atoms with Gasteiger partial charge in [0, 0.05) is 24.7 Å². The third-order valence-corrected chi connectivity index (χ3v) is 3.66. The number of likely N-dealkylation sites (tertiary alicyclic amines) is 1. The highest BCUT2D eigenvalue weighted by molar-refractivity contribution is 5.94. The Morgan fingerprint density at radius 3 is 2.68 bits per heavy atom. The van der Waals surface area contributed by atoms with Crippen molar-refractivity contribution in [3.63, 3.8) is 0 Å². The topological polar surface area (TPSA) is 67.4 Å². The second kappa shape index (κ2) is 7.11. The largest absolute Gasteiger partial charge is 0.454 e. The van der Waals surface area contributed by atoms with Crippen LogP contribution < -0.4 is 10.1 Å². The molecule has 1 N–H and O–H groups in total. The molecule has 1 fully saturated rings. The summed E-state index contributed by atoms with van der Waals surface area (Å²) >= 11 is 0. The molecule has 2 rings (SSSR count). The molecule has 1 aliphatic rings. The van der Waals surface area contributed by atoms with Crippen LogP contribution in [0.5, 0.6) is 6.01 Å². The smallest absolute Gasteiger partial charge is 0.422 e. The van der Waals surface area contributed by atoms with Gasteiger partial charge in [-0.3, -0.25) is 9.69 Å². The Balaban J connectivity index is 2.05. The fourth-order valence-corrected chi connectivity index (χ4v) is 2.61. The molecular weight excluding hydrogens is 344 g/mol. The fourth-order valence-electron chi connectivity index (χ4n) is 2.61. The van der Waals surface area contributed by atoms with Crippen LogP contribution in [0.3, 0.4) is 0 Å². The summed E-state index contributed by atoms with van der Waals surface area (Å²) in [6.45, 7) is 4.23. The second-order valence-corrected chi connectivity index (χ2v) is 6.79. The Kier molecular flexibility index (Phi) is 5.50. The molecule has 1 aromatic rings. The minimum absolute atomic E-state index is 0.00616. The normalized spacial score (nSPS) is 22.0. The average molecular weight is 364 g/mol. The van der Waals surface area contributed by atoms with Crippen molar-refractivity contribution in [2.45, 2.75) is 51.1 Å². The van der Waals surface area contributed by atoms with Gasteiger partial charge in [-0.1, -0.05) is 0 Å². The quantitative estimate of drug-likeness (QED) is 0.832. The van der Waals surface area contributed by atoms with Gasteiger partial charge in [0.05, 0.1) is 6.04 Å². The number of amides is 1. The summed E-state index contributed by atoms with van der Waals surface area (Å²) in [5.41, 5.74) is -0.407. The first kappa shape index (κ1) is 19.4. The summed E-state index contributed by atoms with van der Waals surface area (Å²) in [7, 11) is 0. The van der Waals surface area contributed by atoms with Crippen LogP contribution in [0.15, 0.2) is 12.3 Å². The summed E-state index contributed by atoms with van der Waals surface area (Å²) in [6.07, 6.45) is -4.42. The Morgan fingerprint density at radius 1 is 1.40 bits per heavy atom. The van der Waals surface area contributed by atoms with E-state index in [2.05, 4.69) is 20.0 Å². The molecule has 0 spiro atoms. The lowest BCUT2D eigenvalue weighted by molar-refractivity contribution is -0.154. The highest BCUT2D eigenvalue weighted by Gasteiger charge is 2.42. The Morgan fingerprint density at radius 2 is 2.08 bits per heavy atom. The monoisotopic (exact) mass is 364 g/mol. The lowest BCUT2D eigenvalue weighted by Crippen LogP contribution is -2.49. The highest BCUT2D eigenvalue weighted by atomic mass is 19.4. The van der Waals surface area contributed by atoms with Crippen molar-refractivity contribution in [2.75, 3.05) is 18.5 Å². The van der Waals surface area contributed by atoms with Gasteiger partial charge in [0.15, 0.2) is 6.61 Å². The van der Waals surface area contributed by atoms with Crippen molar-refractivity contribution in [3.05, 3.63) is 12.3 Å². The number of carbonyl (C=O) groups is 1. The molecule has 2 atom stereocenters. The maximum atomic E-state index is 13.8. The predicted molar refractivity (Wildman–Crippen MR) is 82.0 cm³/mol. The first-order valence-electron chi connectivity index (χ1n) is 7.70. The standard InChI is InChI=1S/C15H20F4N4O2/c1-14(2,3)23-7-9(16)6-10(23)12(24)21-11-4-5-20-13(22-11)25-8-15(17,18)19/h4-5,9-10H,6-8H2,1-3H3,(H,20,21,22,24)/t9-,10+/m1/s1. The minimum atomic E-state index is -4.52. The Labute approximate surface area is 142 Å². The SMILES string of the molecule is CC(C)(C)N1C[C@H](F)C[C@H]1C(=O)Nc1ccnc(OCC(F)(F)F)n1. The van der Waals surface area contributed by atoms with E-state index in [4.69, 9.17) is 0 Å². The van der Waals surface area contributed by atoms with Crippen LogP contribution in [-0.2, 0) is 4.79 Å². The third-order valence-electron chi connectivity index (χ3n) is 3.66. The molecule has 10 heteroatoms. The van der Waals surface area contributed by atoms with E-state index in [1.807, 2.05) is 20.8 Å². The summed E-state index contributed by atoms with van der Waals surface area (Å²) in [6, 6.07) is 0.129. The number of aromatic nitrogens is 2. The number of halogens is 4. The van der Waals surface area contributed by atoms with Gasteiger partial charge < -0.3 is 10.1 Å². The fraction of sp³-hybridized carbons (Fsp3) is 0.667. The van der Waals surface area contributed by atoms with Gasteiger partial charge in [0.25, 0.3) is 0 Å². The molecule has 1 saturated heterocycles. The van der Waals surface area contributed by atoms with Crippen molar-refractivity contribution in [2.24, 2.45) is 0 Å². The maximum Gasteiger partial charge on any atom is 0.422 e. The van der Waals surface area contributed by atoms with E-state index in [-0.39, 0.29) is 18.8 Å². The number of carbonyl (C=O) groups excluding carboxylic acids is 1. The van der Waals surface area contributed by atoms with Gasteiger partial charge in [-0.15, -0.1) is 0 Å². The van der Waals surface area contributed by atoms with Crippen LogP contribution in [0.25, 0.3) is 0 Å². The number of hydrogen-bond donors (Lipinski definition) is 1. The number of alkyl halides is 4. The Bertz CT molecular complexity index is 618. The van der Waals surface area contributed by atoms with E-state index in [1.54, 1.807) is 4.90 Å². The number of nitrogens with one attached hydrogen (secondary N) is 1. The first-order valence-corrected chi connectivity index (χ1v) is 7.70. The van der Waals surface area contributed by atoms with Crippen LogP contribution >= 0.6 is 0 Å². The molecule has 0 radical (unpaired) electrons. The van der Waals surface area contributed by atoms with E-state index in [1.165, 1.54) is 12.3 Å². The van der Waals surface area contributed by atoms with Crippen molar-refractivity contribution in [1.29, 1.82) is 0 Å². The molecule has 0 unspecified atom stereocenters. The van der Waals surface area contributed by atoms with E-state index >= 15 is 0 Å². The van der Waals surface area contributed by atoms with Crippen LogP contribution in [-0.4, -0.2) is 57.9 Å². The van der Waals surface area contributed by atoms with Gasteiger partial charge in [0.1, 0.15) is 12.0 Å². The molecule has 0 saturated carbocycles. The van der Waals surface area contributed by atoms with E-state index in [9.17, 15) is 22.4 Å². The zero-order valence-electron chi connectivity index (χ0n) is 14.1. The second-order valence-electron chi connectivity index (χ2n) is 6.79. The molecule has 1 amide bonds. The molecule has 25 heavy (non-hydrogen) atoms. The number of nitrogens with zero attached hydrogens (tertiary/aromatic N) is 3. The number of ether oxygens (including phenoxy) is 1. The van der Waals surface area contributed by atoms with Crippen LogP contribution in [0, 0.1) is 0 Å². The van der Waals surface area contributed by atoms with E-state index < -0.39 is 42.5 Å². The molecule has 1 aromatic heterocycles. The maximum absolute atomic E-state index is 13.8. The molecule has 0 aliphatic carbocycles. The summed E-state index contributed by atoms with van der Waals surface area (Å²) < 4.78 is 54.7. The molecule has 0 bridgehead atoms. The van der Waals surface area contributed by atoms with E-state index in [0.717, 1.165) is 0 Å². The molecular formula is C15H20F4N4O2. The lowest BCUT2D eigenvalue weighted by Gasteiger charge is -2.35. The van der Waals surface area contributed by atoms with Gasteiger partial charge in [-0.25, -0.2) is 9.37 Å². The minimum Gasteiger partial charge on any atom is -0.454 e. The summed E-state index contributed by atoms with van der Waals surface area (Å²) in [4.78, 5) is 21.5. The first-order chi connectivity index (χ1) is 11.5. The number of rotatable bonds is 4. The van der Waals surface area contributed by atoms with Crippen LogP contribution in [0.2, 0.25) is 0 Å². The summed E-state index contributed by atoms with van der Waals surface area (Å²) in [5.74, 6) is -0.483. The number of hydrogen-bond acceptors (Lipinski definition) is 5.